The van der Waals surface area contributed by atoms with Crippen molar-refractivity contribution in [2.45, 2.75) is 18.8 Å². The highest BCUT2D eigenvalue weighted by atomic mass is 16.6. The van der Waals surface area contributed by atoms with Crippen LogP contribution in [0.5, 0.6) is 0 Å². The fourth-order valence-electron chi connectivity index (χ4n) is 2.21. The molecular formula is C11H9NO5. The molecular weight excluding hydrogens is 226 g/mol. The molecule has 0 saturated heterocycles. The van der Waals surface area contributed by atoms with Crippen LogP contribution in [-0.4, -0.2) is 21.8 Å². The Bertz CT molecular complexity index is 521. The first kappa shape index (κ1) is 11.3. The molecule has 0 radical (unpaired) electrons. The Morgan fingerprint density at radius 1 is 1.53 bits per heavy atom. The zero-order valence-electron chi connectivity index (χ0n) is 8.75. The Morgan fingerprint density at radius 2 is 2.24 bits per heavy atom. The van der Waals surface area contributed by atoms with Crippen LogP contribution in [0.25, 0.3) is 0 Å². The maximum Gasteiger partial charge on any atom is 0.303 e. The predicted molar refractivity (Wildman–Crippen MR) is 57.0 cm³/mol. The molecule has 1 N–H and O–H groups in total. The molecule has 0 aliphatic heterocycles. The second-order valence-corrected chi connectivity index (χ2v) is 3.92. The van der Waals surface area contributed by atoms with Gasteiger partial charge >= 0.3 is 5.97 Å². The number of hydrogen-bond donors (Lipinski definition) is 1. The van der Waals surface area contributed by atoms with Gasteiger partial charge in [-0.15, -0.1) is 0 Å². The lowest BCUT2D eigenvalue weighted by molar-refractivity contribution is -0.385. The van der Waals surface area contributed by atoms with Gasteiger partial charge < -0.3 is 5.11 Å². The van der Waals surface area contributed by atoms with Crippen LogP contribution in [0.3, 0.4) is 0 Å². The summed E-state index contributed by atoms with van der Waals surface area (Å²) in [7, 11) is 0. The lowest BCUT2D eigenvalue weighted by Crippen LogP contribution is -2.05. The molecule has 1 aromatic carbocycles. The first-order valence-electron chi connectivity index (χ1n) is 5.03. The number of fused-ring (bicyclic) bond motifs is 1. The van der Waals surface area contributed by atoms with Crippen molar-refractivity contribution in [2.75, 3.05) is 0 Å². The minimum absolute atomic E-state index is 0.0342. The van der Waals surface area contributed by atoms with Crippen LogP contribution in [0.1, 0.15) is 34.7 Å². The zero-order chi connectivity index (χ0) is 12.6. The van der Waals surface area contributed by atoms with Crippen molar-refractivity contribution >= 4 is 17.4 Å². The molecule has 1 atom stereocenters. The minimum Gasteiger partial charge on any atom is -0.481 e. The van der Waals surface area contributed by atoms with Crippen molar-refractivity contribution in [3.63, 3.8) is 0 Å². The fourth-order valence-corrected chi connectivity index (χ4v) is 2.21. The van der Waals surface area contributed by atoms with Crippen LogP contribution < -0.4 is 0 Å². The number of carboxylic acids is 1. The van der Waals surface area contributed by atoms with Gasteiger partial charge in [-0.25, -0.2) is 0 Å². The molecule has 6 heteroatoms. The van der Waals surface area contributed by atoms with Gasteiger partial charge in [0.05, 0.1) is 11.3 Å². The molecule has 17 heavy (non-hydrogen) atoms. The Kier molecular flexibility index (Phi) is 2.63. The maximum absolute atomic E-state index is 11.6. The highest BCUT2D eigenvalue weighted by molar-refractivity contribution is 6.03. The number of carboxylic acid groups (broad SMARTS) is 1. The average Bonchev–Trinajstić information content (AvgIpc) is 2.55. The van der Waals surface area contributed by atoms with Crippen LogP contribution in [0.4, 0.5) is 5.69 Å². The van der Waals surface area contributed by atoms with Crippen molar-refractivity contribution in [1.29, 1.82) is 0 Å². The number of carbonyl (C=O) groups is 2. The highest BCUT2D eigenvalue weighted by Gasteiger charge is 2.36. The number of ketones is 1. The van der Waals surface area contributed by atoms with E-state index in [4.69, 9.17) is 5.11 Å². The van der Waals surface area contributed by atoms with E-state index >= 15 is 0 Å². The molecule has 0 amide bonds. The summed E-state index contributed by atoms with van der Waals surface area (Å²) >= 11 is 0. The van der Waals surface area contributed by atoms with E-state index in [0.29, 0.717) is 0 Å². The van der Waals surface area contributed by atoms with Gasteiger partial charge in [-0.3, -0.25) is 19.7 Å². The summed E-state index contributed by atoms with van der Waals surface area (Å²) < 4.78 is 0. The molecule has 0 bridgehead atoms. The molecule has 88 valence electrons. The summed E-state index contributed by atoms with van der Waals surface area (Å²) in [5.74, 6) is -1.87. The molecule has 0 fully saturated rings. The van der Waals surface area contributed by atoms with E-state index < -0.39 is 16.8 Å². The topological polar surface area (TPSA) is 97.5 Å². The molecule has 1 aromatic rings. The molecule has 1 aliphatic rings. The number of Topliss-reactive ketones (excluding diaryl/α,β-unsaturated/α-hetero) is 1. The summed E-state index contributed by atoms with van der Waals surface area (Å²) in [6, 6.07) is 4.25. The van der Waals surface area contributed by atoms with Gasteiger partial charge in [0.15, 0.2) is 5.78 Å². The summed E-state index contributed by atoms with van der Waals surface area (Å²) in [6.07, 6.45) is -0.226. The Labute approximate surface area is 96.0 Å². The Hall–Kier alpha value is -2.24. The molecule has 0 saturated carbocycles. The van der Waals surface area contributed by atoms with Gasteiger partial charge in [0.25, 0.3) is 5.69 Å². The van der Waals surface area contributed by atoms with Crippen molar-refractivity contribution in [2.24, 2.45) is 0 Å². The number of carbonyl (C=O) groups excluding carboxylic acids is 1. The molecule has 0 aromatic heterocycles. The Balaban J connectivity index is 2.53. The van der Waals surface area contributed by atoms with E-state index in [1.54, 1.807) is 0 Å². The van der Waals surface area contributed by atoms with Crippen LogP contribution in [0.15, 0.2) is 18.2 Å². The third-order valence-corrected chi connectivity index (χ3v) is 2.84. The molecule has 1 aliphatic carbocycles. The van der Waals surface area contributed by atoms with Crippen LogP contribution in [0.2, 0.25) is 0 Å². The minimum atomic E-state index is -1.06. The lowest BCUT2D eigenvalue weighted by Gasteiger charge is -2.07. The number of nitro groups is 1. The average molecular weight is 235 g/mol. The van der Waals surface area contributed by atoms with Gasteiger partial charge in [-0.2, -0.15) is 0 Å². The summed E-state index contributed by atoms with van der Waals surface area (Å²) in [4.78, 5) is 32.6. The molecule has 0 heterocycles. The number of benzene rings is 1. The van der Waals surface area contributed by atoms with E-state index in [-0.39, 0.29) is 35.4 Å². The predicted octanol–water partition coefficient (Wildman–Crippen LogP) is 1.74. The van der Waals surface area contributed by atoms with Gasteiger partial charge in [-0.05, 0) is 0 Å². The van der Waals surface area contributed by atoms with E-state index in [1.165, 1.54) is 18.2 Å². The molecule has 2 rings (SSSR count). The van der Waals surface area contributed by atoms with Crippen molar-refractivity contribution in [3.05, 3.63) is 39.4 Å². The SMILES string of the molecule is O=C(O)CC1CC(=O)c2cccc([N+](=O)[O-])c21. The first-order valence-corrected chi connectivity index (χ1v) is 5.03. The van der Waals surface area contributed by atoms with Crippen molar-refractivity contribution in [3.8, 4) is 0 Å². The number of hydrogen-bond acceptors (Lipinski definition) is 4. The quantitative estimate of drug-likeness (QED) is 0.635. The number of nitro benzene ring substituents is 1. The largest absolute Gasteiger partial charge is 0.481 e. The van der Waals surface area contributed by atoms with Gasteiger partial charge in [-0.1, -0.05) is 12.1 Å². The van der Waals surface area contributed by atoms with Crippen LogP contribution >= 0.6 is 0 Å². The summed E-state index contributed by atoms with van der Waals surface area (Å²) in [5.41, 5.74) is 0.384. The number of aliphatic carboxylic acids is 1. The fraction of sp³-hybridized carbons (Fsp3) is 0.273. The third kappa shape index (κ3) is 1.89. The van der Waals surface area contributed by atoms with Crippen LogP contribution in [0, 0.1) is 10.1 Å². The number of nitrogens with zero attached hydrogens (tertiary/aromatic N) is 1. The highest BCUT2D eigenvalue weighted by Crippen LogP contribution is 2.40. The van der Waals surface area contributed by atoms with Crippen molar-refractivity contribution < 1.29 is 19.6 Å². The Morgan fingerprint density at radius 3 is 2.82 bits per heavy atom. The van der Waals surface area contributed by atoms with Gasteiger partial charge in [0, 0.05) is 29.5 Å². The van der Waals surface area contributed by atoms with E-state index in [0.717, 1.165) is 0 Å². The summed E-state index contributed by atoms with van der Waals surface area (Å²) in [5, 5.41) is 19.6. The third-order valence-electron chi connectivity index (χ3n) is 2.84. The van der Waals surface area contributed by atoms with Gasteiger partial charge in [0.2, 0.25) is 0 Å². The first-order chi connectivity index (χ1) is 8.00. The smallest absolute Gasteiger partial charge is 0.303 e. The lowest BCUT2D eigenvalue weighted by atomic mass is 9.96. The normalized spacial score (nSPS) is 17.9. The molecule has 6 nitrogen and oxygen atoms in total. The van der Waals surface area contributed by atoms with E-state index in [2.05, 4.69) is 0 Å². The standard InChI is InChI=1S/C11H9NO5/c13-9-4-6(5-10(14)15)11-7(9)2-1-3-8(11)12(16)17/h1-3,6H,4-5H2,(H,14,15). The number of rotatable bonds is 3. The second kappa shape index (κ2) is 3.97. The summed E-state index contributed by atoms with van der Waals surface area (Å²) in [6.45, 7) is 0. The van der Waals surface area contributed by atoms with Gasteiger partial charge in [0.1, 0.15) is 0 Å². The van der Waals surface area contributed by atoms with Crippen LogP contribution in [-0.2, 0) is 4.79 Å². The van der Waals surface area contributed by atoms with E-state index in [9.17, 15) is 19.7 Å². The zero-order valence-corrected chi connectivity index (χ0v) is 8.75. The van der Waals surface area contributed by atoms with E-state index in [1.807, 2.05) is 0 Å². The van der Waals surface area contributed by atoms with Crippen molar-refractivity contribution in [1.82, 2.24) is 0 Å². The maximum atomic E-state index is 11.6. The second-order valence-electron chi connectivity index (χ2n) is 3.92. The molecule has 0 spiro atoms. The monoisotopic (exact) mass is 235 g/mol. The molecule has 1 unspecified atom stereocenters.